The van der Waals surface area contributed by atoms with Gasteiger partial charge in [-0.3, -0.25) is 4.79 Å². The molecule has 0 atom stereocenters. The van der Waals surface area contributed by atoms with Crippen molar-refractivity contribution in [2.24, 2.45) is 0 Å². The van der Waals surface area contributed by atoms with Gasteiger partial charge in [-0.15, -0.1) is 5.10 Å². The van der Waals surface area contributed by atoms with Crippen molar-refractivity contribution in [2.75, 3.05) is 5.75 Å². The smallest absolute Gasteiger partial charge is 0.253 e. The number of aryl methyl sites for hydroxylation is 2. The van der Waals surface area contributed by atoms with Crippen molar-refractivity contribution in [3.63, 3.8) is 0 Å². The van der Waals surface area contributed by atoms with Gasteiger partial charge in [0.15, 0.2) is 0 Å². The third-order valence-electron chi connectivity index (χ3n) is 4.63. The molecule has 1 saturated carbocycles. The van der Waals surface area contributed by atoms with E-state index in [-0.39, 0.29) is 5.91 Å². The highest BCUT2D eigenvalue weighted by atomic mass is 32.2. The molecule has 0 aromatic carbocycles. The zero-order valence-electron chi connectivity index (χ0n) is 15.1. The van der Waals surface area contributed by atoms with E-state index < -0.39 is 0 Å². The summed E-state index contributed by atoms with van der Waals surface area (Å²) in [5.41, 5.74) is 1.96. The molecule has 136 valence electrons. The number of amides is 1. The summed E-state index contributed by atoms with van der Waals surface area (Å²) in [7, 11) is 0. The van der Waals surface area contributed by atoms with Crippen LogP contribution >= 0.6 is 11.8 Å². The molecule has 0 saturated heterocycles. The highest BCUT2D eigenvalue weighted by Gasteiger charge is 2.14. The van der Waals surface area contributed by atoms with E-state index in [4.69, 9.17) is 0 Å². The Balaban J connectivity index is 1.47. The van der Waals surface area contributed by atoms with Crippen molar-refractivity contribution in [3.8, 4) is 0 Å². The van der Waals surface area contributed by atoms with Gasteiger partial charge in [0.2, 0.25) is 11.1 Å². The van der Waals surface area contributed by atoms with E-state index in [2.05, 4.69) is 20.4 Å². The average Bonchev–Trinajstić information content (AvgIpc) is 2.93. The zero-order valence-corrected chi connectivity index (χ0v) is 15.9. The molecular formula is C18H27N5OS. The third kappa shape index (κ3) is 5.17. The first kappa shape index (κ1) is 18.2. The lowest BCUT2D eigenvalue weighted by Crippen LogP contribution is -2.35. The molecule has 0 aliphatic heterocycles. The third-order valence-corrected chi connectivity index (χ3v) is 5.47. The second-order valence-electron chi connectivity index (χ2n) is 6.85. The van der Waals surface area contributed by atoms with E-state index in [1.807, 2.05) is 19.9 Å². The molecule has 0 spiro atoms. The highest BCUT2D eigenvalue weighted by Crippen LogP contribution is 2.18. The van der Waals surface area contributed by atoms with Crippen LogP contribution in [0.1, 0.15) is 62.8 Å². The maximum absolute atomic E-state index is 12.2. The van der Waals surface area contributed by atoms with Gasteiger partial charge in [0, 0.05) is 29.6 Å². The van der Waals surface area contributed by atoms with Gasteiger partial charge in [-0.25, -0.2) is 9.50 Å². The van der Waals surface area contributed by atoms with Crippen LogP contribution < -0.4 is 5.32 Å². The summed E-state index contributed by atoms with van der Waals surface area (Å²) in [4.78, 5) is 21.0. The summed E-state index contributed by atoms with van der Waals surface area (Å²) in [6.07, 6.45) is 9.16. The maximum Gasteiger partial charge on any atom is 0.253 e. The minimum atomic E-state index is 0.145. The maximum atomic E-state index is 12.2. The van der Waals surface area contributed by atoms with Crippen LogP contribution in [0.4, 0.5) is 0 Å². The number of carbonyl (C=O) groups is 1. The van der Waals surface area contributed by atoms with Crippen molar-refractivity contribution >= 4 is 23.4 Å². The van der Waals surface area contributed by atoms with Gasteiger partial charge in [-0.2, -0.15) is 4.98 Å². The number of fused-ring (bicyclic) bond motifs is 1. The fraction of sp³-hybridized carbons (Fsp3) is 0.667. The van der Waals surface area contributed by atoms with E-state index in [9.17, 15) is 4.79 Å². The predicted octanol–water partition coefficient (Wildman–Crippen LogP) is 3.45. The Labute approximate surface area is 153 Å². The lowest BCUT2D eigenvalue weighted by Gasteiger charge is -2.20. The normalized spacial score (nSPS) is 16.6. The molecular weight excluding hydrogens is 334 g/mol. The Morgan fingerprint density at radius 3 is 2.68 bits per heavy atom. The Bertz CT molecular complexity index is 722. The molecule has 0 unspecified atom stereocenters. The standard InChI is InChI=1S/C18H27N5OS/c1-13-12-14(2)23-17(19-13)21-18(22-23)25-11-10-16(24)20-15-8-6-4-3-5-7-9-15/h12,15H,3-11H2,1-2H3,(H,20,24). The number of rotatable bonds is 5. The van der Waals surface area contributed by atoms with Crippen molar-refractivity contribution in [3.05, 3.63) is 17.5 Å². The fourth-order valence-electron chi connectivity index (χ4n) is 3.34. The summed E-state index contributed by atoms with van der Waals surface area (Å²) in [5.74, 6) is 1.46. The Morgan fingerprint density at radius 2 is 1.92 bits per heavy atom. The molecule has 25 heavy (non-hydrogen) atoms. The minimum absolute atomic E-state index is 0.145. The SMILES string of the molecule is Cc1cc(C)n2nc(SCCC(=O)NC3CCCCCCC3)nc2n1. The van der Waals surface area contributed by atoms with E-state index in [0.717, 1.165) is 24.2 Å². The number of thioether (sulfide) groups is 1. The van der Waals surface area contributed by atoms with Gasteiger partial charge in [0.1, 0.15) is 0 Å². The van der Waals surface area contributed by atoms with E-state index >= 15 is 0 Å². The van der Waals surface area contributed by atoms with Gasteiger partial charge in [0.05, 0.1) is 0 Å². The minimum Gasteiger partial charge on any atom is -0.353 e. The van der Waals surface area contributed by atoms with Crippen molar-refractivity contribution in [1.82, 2.24) is 24.9 Å². The first-order valence-electron chi connectivity index (χ1n) is 9.25. The van der Waals surface area contributed by atoms with Crippen LogP contribution in [0.3, 0.4) is 0 Å². The second-order valence-corrected chi connectivity index (χ2v) is 7.92. The van der Waals surface area contributed by atoms with Crippen molar-refractivity contribution in [2.45, 2.75) is 76.4 Å². The van der Waals surface area contributed by atoms with Crippen LogP contribution in [0, 0.1) is 13.8 Å². The van der Waals surface area contributed by atoms with Gasteiger partial charge in [-0.1, -0.05) is 43.9 Å². The van der Waals surface area contributed by atoms with Crippen LogP contribution in [0.15, 0.2) is 11.2 Å². The summed E-state index contributed by atoms with van der Waals surface area (Å²) < 4.78 is 1.75. The molecule has 7 heteroatoms. The van der Waals surface area contributed by atoms with Gasteiger partial charge in [0.25, 0.3) is 5.78 Å². The molecule has 2 aromatic heterocycles. The number of nitrogens with one attached hydrogen (secondary N) is 1. The summed E-state index contributed by atoms with van der Waals surface area (Å²) in [6.45, 7) is 3.95. The molecule has 3 rings (SSSR count). The van der Waals surface area contributed by atoms with E-state index in [1.54, 1.807) is 4.52 Å². The Morgan fingerprint density at radius 1 is 1.20 bits per heavy atom. The summed E-state index contributed by atoms with van der Waals surface area (Å²) in [6, 6.07) is 2.35. The monoisotopic (exact) mass is 361 g/mol. The average molecular weight is 362 g/mol. The summed E-state index contributed by atoms with van der Waals surface area (Å²) in [5, 5.41) is 8.35. The molecule has 1 N–H and O–H groups in total. The number of hydrogen-bond acceptors (Lipinski definition) is 5. The second kappa shape index (κ2) is 8.65. The Hall–Kier alpha value is -1.63. The Kier molecular flexibility index (Phi) is 6.29. The molecule has 1 aliphatic rings. The molecule has 2 heterocycles. The number of aromatic nitrogens is 4. The molecule has 1 aliphatic carbocycles. The molecule has 6 nitrogen and oxygen atoms in total. The zero-order chi connectivity index (χ0) is 17.6. The molecule has 0 bridgehead atoms. The van der Waals surface area contributed by atoms with Crippen LogP contribution in [-0.4, -0.2) is 37.3 Å². The van der Waals surface area contributed by atoms with Crippen LogP contribution in [0.5, 0.6) is 0 Å². The van der Waals surface area contributed by atoms with Crippen molar-refractivity contribution < 1.29 is 4.79 Å². The first-order valence-corrected chi connectivity index (χ1v) is 10.2. The van der Waals surface area contributed by atoms with Gasteiger partial charge < -0.3 is 5.32 Å². The molecule has 1 amide bonds. The quantitative estimate of drug-likeness (QED) is 0.826. The highest BCUT2D eigenvalue weighted by molar-refractivity contribution is 7.99. The topological polar surface area (TPSA) is 72.2 Å². The lowest BCUT2D eigenvalue weighted by atomic mass is 9.97. The lowest BCUT2D eigenvalue weighted by molar-refractivity contribution is -0.121. The van der Waals surface area contributed by atoms with E-state index in [0.29, 0.717) is 29.1 Å². The largest absolute Gasteiger partial charge is 0.353 e. The molecule has 1 fully saturated rings. The summed E-state index contributed by atoms with van der Waals surface area (Å²) >= 11 is 1.51. The van der Waals surface area contributed by atoms with Crippen LogP contribution in [0.2, 0.25) is 0 Å². The van der Waals surface area contributed by atoms with Crippen LogP contribution in [0.25, 0.3) is 5.78 Å². The van der Waals surface area contributed by atoms with Gasteiger partial charge >= 0.3 is 0 Å². The van der Waals surface area contributed by atoms with Crippen LogP contribution in [-0.2, 0) is 4.79 Å². The predicted molar refractivity (Wildman–Crippen MR) is 99.8 cm³/mol. The van der Waals surface area contributed by atoms with Gasteiger partial charge in [-0.05, 0) is 32.8 Å². The van der Waals surface area contributed by atoms with E-state index in [1.165, 1.54) is 43.9 Å². The molecule has 0 radical (unpaired) electrons. The number of nitrogens with zero attached hydrogens (tertiary/aromatic N) is 4. The number of hydrogen-bond donors (Lipinski definition) is 1. The number of carbonyl (C=O) groups excluding carboxylic acids is 1. The fourth-order valence-corrected chi connectivity index (χ4v) is 4.10. The first-order chi connectivity index (χ1) is 12.1. The van der Waals surface area contributed by atoms with Crippen molar-refractivity contribution in [1.29, 1.82) is 0 Å². The molecule has 2 aromatic rings.